The van der Waals surface area contributed by atoms with Crippen molar-refractivity contribution in [1.29, 1.82) is 0 Å². The van der Waals surface area contributed by atoms with E-state index >= 15 is 0 Å². The van der Waals surface area contributed by atoms with E-state index in [0.717, 1.165) is 0 Å². The number of aliphatic carboxylic acids is 4. The third-order valence-electron chi connectivity index (χ3n) is 4.09. The van der Waals surface area contributed by atoms with Crippen molar-refractivity contribution in [3.05, 3.63) is 0 Å². The maximum Gasteiger partial charge on any atom is 0.304 e. The Balaban J connectivity index is 4.02. The highest BCUT2D eigenvalue weighted by Gasteiger charge is 2.11. The van der Waals surface area contributed by atoms with Crippen LogP contribution in [-0.4, -0.2) is 107 Å². The summed E-state index contributed by atoms with van der Waals surface area (Å²) in [5.41, 5.74) is 0. The summed E-state index contributed by atoms with van der Waals surface area (Å²) in [6, 6.07) is 0. The van der Waals surface area contributed by atoms with Crippen molar-refractivity contribution >= 4 is 23.9 Å². The van der Waals surface area contributed by atoms with Crippen LogP contribution in [0.25, 0.3) is 0 Å². The summed E-state index contributed by atoms with van der Waals surface area (Å²) >= 11 is 0. The van der Waals surface area contributed by atoms with Gasteiger partial charge in [0.2, 0.25) is 0 Å². The van der Waals surface area contributed by atoms with Crippen LogP contribution in [0.4, 0.5) is 0 Å². The van der Waals surface area contributed by atoms with Crippen molar-refractivity contribution in [2.45, 2.75) is 38.5 Å². The summed E-state index contributed by atoms with van der Waals surface area (Å²) in [5, 5.41) is 35.0. The van der Waals surface area contributed by atoms with E-state index in [-0.39, 0.29) is 51.9 Å². The maximum absolute atomic E-state index is 10.7. The molecule has 0 aliphatic heterocycles. The molecule has 0 atom stereocenters. The highest BCUT2D eigenvalue weighted by molar-refractivity contribution is 5.68. The molecule has 0 aromatic rings. The minimum Gasteiger partial charge on any atom is -0.481 e. The van der Waals surface area contributed by atoms with Gasteiger partial charge in [-0.15, -0.1) is 0 Å². The Labute approximate surface area is 169 Å². The van der Waals surface area contributed by atoms with Gasteiger partial charge in [0.05, 0.1) is 25.7 Å². The van der Waals surface area contributed by atoms with E-state index in [1.54, 1.807) is 9.80 Å². The first kappa shape index (κ1) is 26.8. The van der Waals surface area contributed by atoms with Gasteiger partial charge >= 0.3 is 23.9 Å². The van der Waals surface area contributed by atoms with Gasteiger partial charge in [-0.05, 0) is 12.8 Å². The van der Waals surface area contributed by atoms with E-state index in [1.807, 2.05) is 0 Å². The van der Waals surface area contributed by atoms with Gasteiger partial charge in [0.15, 0.2) is 0 Å². The summed E-state index contributed by atoms with van der Waals surface area (Å²) in [6.07, 6.45) is 1.04. The maximum atomic E-state index is 10.7. The Morgan fingerprint density at radius 2 is 0.793 bits per heavy atom. The van der Waals surface area contributed by atoms with Crippen LogP contribution in [0, 0.1) is 0 Å². The first-order valence-corrected chi connectivity index (χ1v) is 9.60. The van der Waals surface area contributed by atoms with E-state index in [9.17, 15) is 19.2 Å². The van der Waals surface area contributed by atoms with E-state index < -0.39 is 23.9 Å². The summed E-state index contributed by atoms with van der Waals surface area (Å²) < 4.78 is 5.52. The average Bonchev–Trinajstić information content (AvgIpc) is 2.63. The van der Waals surface area contributed by atoms with Gasteiger partial charge < -0.3 is 35.0 Å². The SMILES string of the molecule is O=C(O)CCN(CCCOCCCN(CCC(=O)O)CCC(=O)O)CCC(=O)O. The normalized spacial score (nSPS) is 11.1. The Morgan fingerprint density at radius 1 is 0.517 bits per heavy atom. The van der Waals surface area contributed by atoms with E-state index in [1.165, 1.54) is 0 Å². The van der Waals surface area contributed by atoms with Gasteiger partial charge in [0.1, 0.15) is 0 Å². The lowest BCUT2D eigenvalue weighted by molar-refractivity contribution is -0.139. The van der Waals surface area contributed by atoms with Crippen LogP contribution in [0.3, 0.4) is 0 Å². The van der Waals surface area contributed by atoms with Crippen LogP contribution in [0.2, 0.25) is 0 Å². The zero-order chi connectivity index (χ0) is 22.1. The summed E-state index contributed by atoms with van der Waals surface area (Å²) in [6.45, 7) is 3.06. The lowest BCUT2D eigenvalue weighted by Crippen LogP contribution is -2.31. The van der Waals surface area contributed by atoms with Crippen LogP contribution in [0.1, 0.15) is 38.5 Å². The lowest BCUT2D eigenvalue weighted by Gasteiger charge is -2.21. The van der Waals surface area contributed by atoms with Crippen LogP contribution in [0.5, 0.6) is 0 Å². The zero-order valence-electron chi connectivity index (χ0n) is 16.6. The fourth-order valence-corrected chi connectivity index (χ4v) is 2.57. The van der Waals surface area contributed by atoms with Gasteiger partial charge in [-0.1, -0.05) is 0 Å². The molecule has 0 aromatic heterocycles. The molecular weight excluding hydrogens is 388 g/mol. The predicted octanol–water partition coefficient (Wildman–Crippen LogP) is 0.286. The average molecular weight is 420 g/mol. The molecule has 0 aromatic carbocycles. The third-order valence-corrected chi connectivity index (χ3v) is 4.09. The standard InChI is InChI=1S/C18H32N2O9/c21-15(22)3-9-19(10-4-16(23)24)7-1-13-29-14-2-8-20(11-5-17(25)26)12-6-18(27)28/h1-14H2,(H,21,22)(H,23,24)(H,25,26)(H,27,28). The van der Waals surface area contributed by atoms with Crippen molar-refractivity contribution in [2.24, 2.45) is 0 Å². The fourth-order valence-electron chi connectivity index (χ4n) is 2.57. The Kier molecular flexibility index (Phi) is 15.4. The van der Waals surface area contributed by atoms with Crippen molar-refractivity contribution in [2.75, 3.05) is 52.5 Å². The molecule has 0 aliphatic carbocycles. The number of ether oxygens (including phenoxy) is 1. The first-order chi connectivity index (χ1) is 13.7. The number of carboxylic acid groups (broad SMARTS) is 4. The molecule has 11 nitrogen and oxygen atoms in total. The first-order valence-electron chi connectivity index (χ1n) is 9.60. The molecule has 0 saturated carbocycles. The molecule has 29 heavy (non-hydrogen) atoms. The van der Waals surface area contributed by atoms with Gasteiger partial charge in [0.25, 0.3) is 0 Å². The van der Waals surface area contributed by atoms with Crippen molar-refractivity contribution in [3.8, 4) is 0 Å². The second-order valence-corrected chi connectivity index (χ2v) is 6.58. The highest BCUT2D eigenvalue weighted by atomic mass is 16.5. The smallest absolute Gasteiger partial charge is 0.304 e. The number of hydrogen-bond donors (Lipinski definition) is 4. The molecule has 0 amide bonds. The Bertz CT molecular complexity index is 434. The van der Waals surface area contributed by atoms with Gasteiger partial charge in [-0.25, -0.2) is 0 Å². The fraction of sp³-hybridized carbons (Fsp3) is 0.778. The topological polar surface area (TPSA) is 165 Å². The number of nitrogens with zero attached hydrogens (tertiary/aromatic N) is 2. The number of carbonyl (C=O) groups is 4. The summed E-state index contributed by atoms with van der Waals surface area (Å²) in [5.74, 6) is -3.73. The quantitative estimate of drug-likeness (QED) is 0.200. The van der Waals surface area contributed by atoms with E-state index in [2.05, 4.69) is 0 Å². The summed E-state index contributed by atoms with van der Waals surface area (Å²) in [7, 11) is 0. The summed E-state index contributed by atoms with van der Waals surface area (Å²) in [4.78, 5) is 46.3. The van der Waals surface area contributed by atoms with Crippen molar-refractivity contribution < 1.29 is 44.3 Å². The van der Waals surface area contributed by atoms with Crippen LogP contribution in [0.15, 0.2) is 0 Å². The van der Waals surface area contributed by atoms with Crippen molar-refractivity contribution in [1.82, 2.24) is 9.80 Å². The minimum atomic E-state index is -0.933. The molecule has 0 spiro atoms. The van der Waals surface area contributed by atoms with Crippen molar-refractivity contribution in [3.63, 3.8) is 0 Å². The largest absolute Gasteiger partial charge is 0.481 e. The molecule has 0 radical (unpaired) electrons. The second-order valence-electron chi connectivity index (χ2n) is 6.58. The molecule has 0 bridgehead atoms. The van der Waals surface area contributed by atoms with Gasteiger partial charge in [-0.2, -0.15) is 0 Å². The second kappa shape index (κ2) is 16.7. The van der Waals surface area contributed by atoms with Crippen LogP contribution < -0.4 is 0 Å². The van der Waals surface area contributed by atoms with Gasteiger partial charge in [-0.3, -0.25) is 19.2 Å². The zero-order valence-corrected chi connectivity index (χ0v) is 16.6. The molecule has 168 valence electrons. The minimum absolute atomic E-state index is 0.0526. The molecule has 11 heteroatoms. The third kappa shape index (κ3) is 18.9. The molecule has 0 fully saturated rings. The predicted molar refractivity (Wildman–Crippen MR) is 102 cm³/mol. The molecule has 0 rings (SSSR count). The molecule has 0 unspecified atom stereocenters. The molecule has 0 heterocycles. The molecular formula is C18H32N2O9. The number of hydrogen-bond acceptors (Lipinski definition) is 7. The number of rotatable bonds is 20. The molecule has 0 aliphatic rings. The molecule has 4 N–H and O–H groups in total. The highest BCUT2D eigenvalue weighted by Crippen LogP contribution is 2.00. The lowest BCUT2D eigenvalue weighted by atomic mass is 10.3. The van der Waals surface area contributed by atoms with Gasteiger partial charge in [0, 0.05) is 52.5 Å². The Morgan fingerprint density at radius 3 is 1.03 bits per heavy atom. The van der Waals surface area contributed by atoms with E-state index in [0.29, 0.717) is 39.1 Å². The number of carboxylic acids is 4. The Hall–Kier alpha value is -2.24. The van der Waals surface area contributed by atoms with E-state index in [4.69, 9.17) is 25.2 Å². The monoisotopic (exact) mass is 420 g/mol. The van der Waals surface area contributed by atoms with Crippen LogP contribution in [-0.2, 0) is 23.9 Å². The molecule has 0 saturated heterocycles. The van der Waals surface area contributed by atoms with Crippen LogP contribution >= 0.6 is 0 Å².